The molecule has 3 aromatic rings. The smallest absolute Gasteiger partial charge is 0.409 e. The van der Waals surface area contributed by atoms with Crippen LogP contribution in [0.2, 0.25) is 5.15 Å². The summed E-state index contributed by atoms with van der Waals surface area (Å²) in [6.07, 6.45) is 4.58. The number of benzene rings is 1. The number of nitrogens with zero attached hydrogens (tertiary/aromatic N) is 6. The van der Waals surface area contributed by atoms with Crippen LogP contribution in [0.3, 0.4) is 0 Å². The Morgan fingerprint density at radius 1 is 1.22 bits per heavy atom. The molecule has 1 fully saturated rings. The number of ether oxygens (including phenoxy) is 3. The van der Waals surface area contributed by atoms with Crippen LogP contribution in [0.1, 0.15) is 12.0 Å². The van der Waals surface area contributed by atoms with Crippen LogP contribution in [-0.2, 0) is 16.1 Å². The van der Waals surface area contributed by atoms with Crippen LogP contribution in [0.5, 0.6) is 11.5 Å². The van der Waals surface area contributed by atoms with Crippen LogP contribution in [-0.4, -0.2) is 82.4 Å². The monoisotopic (exact) mass is 527 g/mol. The molecule has 12 nitrogen and oxygen atoms in total. The maximum atomic E-state index is 13.1. The molecule has 4 heterocycles. The van der Waals surface area contributed by atoms with Crippen molar-refractivity contribution in [3.8, 4) is 17.4 Å². The number of carbonyl (C=O) groups excluding carboxylic acids is 2. The minimum absolute atomic E-state index is 0.113. The van der Waals surface area contributed by atoms with Crippen LogP contribution in [0.15, 0.2) is 43.0 Å². The Hall–Kier alpha value is -4.06. The number of carbonyl (C=O) groups is 2. The molecule has 0 saturated carbocycles. The molecule has 2 aromatic heterocycles. The van der Waals surface area contributed by atoms with Gasteiger partial charge in [-0.15, -0.1) is 0 Å². The lowest BCUT2D eigenvalue weighted by Crippen LogP contribution is -2.56. The number of hydrogen-bond donors (Lipinski definition) is 1. The maximum absolute atomic E-state index is 13.1. The first-order chi connectivity index (χ1) is 18.0. The first kappa shape index (κ1) is 24.6. The molecule has 0 bridgehead atoms. The molecule has 0 aliphatic carbocycles. The summed E-state index contributed by atoms with van der Waals surface area (Å²) in [5.74, 6) is 2.03. The van der Waals surface area contributed by atoms with Gasteiger partial charge in [0, 0.05) is 56.6 Å². The Balaban J connectivity index is 1.34. The number of imidazole rings is 1. The fourth-order valence-electron chi connectivity index (χ4n) is 4.41. The molecule has 0 radical (unpaired) electrons. The molecule has 194 valence electrons. The Labute approximate surface area is 218 Å². The van der Waals surface area contributed by atoms with Crippen molar-refractivity contribution in [2.75, 3.05) is 44.9 Å². The lowest BCUT2D eigenvalue weighted by molar-refractivity contribution is -0.121. The highest BCUT2D eigenvalue weighted by molar-refractivity contribution is 6.29. The predicted octanol–water partition coefficient (Wildman–Crippen LogP) is 2.05. The van der Waals surface area contributed by atoms with Crippen LogP contribution < -0.4 is 19.7 Å². The third-order valence-electron chi connectivity index (χ3n) is 6.16. The van der Waals surface area contributed by atoms with Gasteiger partial charge in [-0.3, -0.25) is 9.36 Å². The number of hydrogen-bond acceptors (Lipinski definition) is 9. The highest BCUT2D eigenvalue weighted by Crippen LogP contribution is 2.33. The molecule has 0 spiro atoms. The quantitative estimate of drug-likeness (QED) is 0.479. The topological polar surface area (TPSA) is 124 Å². The van der Waals surface area contributed by atoms with Crippen molar-refractivity contribution in [2.45, 2.75) is 19.0 Å². The molecule has 1 N–H and O–H groups in total. The largest absolute Gasteiger partial charge is 0.486 e. The Kier molecular flexibility index (Phi) is 7.26. The molecule has 1 atom stereocenters. The van der Waals surface area contributed by atoms with Crippen molar-refractivity contribution >= 4 is 29.4 Å². The lowest BCUT2D eigenvalue weighted by atomic mass is 10.1. The normalized spacial score (nSPS) is 16.9. The van der Waals surface area contributed by atoms with Crippen LogP contribution >= 0.6 is 11.6 Å². The number of amides is 2. The van der Waals surface area contributed by atoms with Gasteiger partial charge in [0.1, 0.15) is 30.5 Å². The van der Waals surface area contributed by atoms with E-state index in [0.717, 1.165) is 5.56 Å². The van der Waals surface area contributed by atoms with Gasteiger partial charge in [0.05, 0.1) is 13.2 Å². The molecule has 1 unspecified atom stereocenters. The highest BCUT2D eigenvalue weighted by atomic mass is 35.5. The average Bonchev–Trinajstić information content (AvgIpc) is 3.46. The summed E-state index contributed by atoms with van der Waals surface area (Å²) >= 11 is 6.32. The van der Waals surface area contributed by atoms with E-state index in [2.05, 4.69) is 20.3 Å². The van der Waals surface area contributed by atoms with Gasteiger partial charge in [-0.05, 0) is 6.07 Å². The molecule has 13 heteroatoms. The molecule has 5 rings (SSSR count). The van der Waals surface area contributed by atoms with E-state index in [1.807, 2.05) is 23.1 Å². The minimum atomic E-state index is -0.446. The number of para-hydroxylation sites is 1. The first-order valence-electron chi connectivity index (χ1n) is 11.8. The van der Waals surface area contributed by atoms with Crippen molar-refractivity contribution in [2.24, 2.45) is 0 Å². The van der Waals surface area contributed by atoms with E-state index in [1.165, 1.54) is 7.11 Å². The van der Waals surface area contributed by atoms with Gasteiger partial charge in [0.15, 0.2) is 11.5 Å². The number of nitrogens with one attached hydrogen (secondary N) is 1. The fourth-order valence-corrected chi connectivity index (χ4v) is 4.59. The fraction of sp³-hybridized carbons (Fsp3) is 0.375. The number of methoxy groups -OCH3 is 1. The number of piperazine rings is 1. The standard InChI is InChI=1S/C24H26ClN7O5/c1-35-24(34)30-7-8-32(20-12-19(25)28-23(29-20)31-6-5-26-15-31)17(14-30)11-21(33)27-13-16-3-2-4-18-22(16)37-10-9-36-18/h2-6,12,15,17H,7-11,13-14H2,1H3,(H,27,33). The number of anilines is 1. The first-order valence-corrected chi connectivity index (χ1v) is 12.2. The van der Waals surface area contributed by atoms with E-state index in [1.54, 1.807) is 34.3 Å². The highest BCUT2D eigenvalue weighted by Gasteiger charge is 2.33. The molecule has 1 aromatic carbocycles. The number of rotatable bonds is 6. The van der Waals surface area contributed by atoms with Crippen molar-refractivity contribution in [1.82, 2.24) is 29.7 Å². The summed E-state index contributed by atoms with van der Waals surface area (Å²) in [5, 5.41) is 3.22. The predicted molar refractivity (Wildman–Crippen MR) is 133 cm³/mol. The van der Waals surface area contributed by atoms with Crippen LogP contribution in [0.25, 0.3) is 5.95 Å². The van der Waals surface area contributed by atoms with Gasteiger partial charge in [0.2, 0.25) is 11.9 Å². The van der Waals surface area contributed by atoms with E-state index < -0.39 is 6.09 Å². The Morgan fingerprint density at radius 3 is 2.89 bits per heavy atom. The van der Waals surface area contributed by atoms with E-state index in [9.17, 15) is 9.59 Å². The lowest BCUT2D eigenvalue weighted by Gasteiger charge is -2.41. The van der Waals surface area contributed by atoms with E-state index in [4.69, 9.17) is 25.8 Å². The van der Waals surface area contributed by atoms with Gasteiger partial charge in [-0.1, -0.05) is 23.7 Å². The number of fused-ring (bicyclic) bond motifs is 1. The molecule has 1 saturated heterocycles. The van der Waals surface area contributed by atoms with Crippen LogP contribution in [0, 0.1) is 0 Å². The summed E-state index contributed by atoms with van der Waals surface area (Å²) in [4.78, 5) is 41.8. The molecule has 2 aliphatic rings. The van der Waals surface area contributed by atoms with Crippen molar-refractivity contribution < 1.29 is 23.8 Å². The third kappa shape index (κ3) is 5.53. The molecule has 2 amide bonds. The summed E-state index contributed by atoms with van der Waals surface area (Å²) in [6.45, 7) is 2.34. The summed E-state index contributed by atoms with van der Waals surface area (Å²) in [7, 11) is 1.34. The van der Waals surface area contributed by atoms with Gasteiger partial charge >= 0.3 is 6.09 Å². The Morgan fingerprint density at radius 2 is 2.08 bits per heavy atom. The SMILES string of the molecule is COC(=O)N1CCN(c2cc(Cl)nc(-n3ccnc3)n2)C(CC(=O)NCc2cccc3c2OCCO3)C1. The molecule has 37 heavy (non-hydrogen) atoms. The van der Waals surface area contributed by atoms with E-state index >= 15 is 0 Å². The van der Waals surface area contributed by atoms with Gasteiger partial charge in [-0.25, -0.2) is 14.8 Å². The zero-order chi connectivity index (χ0) is 25.8. The number of aromatic nitrogens is 4. The third-order valence-corrected chi connectivity index (χ3v) is 6.35. The number of halogens is 1. The summed E-state index contributed by atoms with van der Waals surface area (Å²) in [6, 6.07) is 6.86. The zero-order valence-electron chi connectivity index (χ0n) is 20.2. The molecular weight excluding hydrogens is 502 g/mol. The van der Waals surface area contributed by atoms with Gasteiger partial charge < -0.3 is 29.3 Å². The second-order valence-electron chi connectivity index (χ2n) is 8.50. The Bertz CT molecular complexity index is 1270. The maximum Gasteiger partial charge on any atom is 0.409 e. The summed E-state index contributed by atoms with van der Waals surface area (Å²) in [5.41, 5.74) is 0.829. The zero-order valence-corrected chi connectivity index (χ0v) is 20.9. The second-order valence-corrected chi connectivity index (χ2v) is 8.89. The molecular formula is C24H26ClN7O5. The minimum Gasteiger partial charge on any atom is -0.486 e. The van der Waals surface area contributed by atoms with Crippen LogP contribution in [0.4, 0.5) is 10.6 Å². The van der Waals surface area contributed by atoms with E-state index in [-0.39, 0.29) is 36.6 Å². The van der Waals surface area contributed by atoms with Gasteiger partial charge in [0.25, 0.3) is 0 Å². The van der Waals surface area contributed by atoms with E-state index in [0.29, 0.717) is 49.6 Å². The molecule has 2 aliphatic heterocycles. The second kappa shape index (κ2) is 10.9. The van der Waals surface area contributed by atoms with Crippen molar-refractivity contribution in [3.63, 3.8) is 0 Å². The van der Waals surface area contributed by atoms with Crippen molar-refractivity contribution in [3.05, 3.63) is 53.7 Å². The van der Waals surface area contributed by atoms with Gasteiger partial charge in [-0.2, -0.15) is 4.98 Å². The van der Waals surface area contributed by atoms with Crippen molar-refractivity contribution in [1.29, 1.82) is 0 Å². The average molecular weight is 528 g/mol. The summed E-state index contributed by atoms with van der Waals surface area (Å²) < 4.78 is 17.9.